The second-order valence-corrected chi connectivity index (χ2v) is 7.28. The molecule has 23 heavy (non-hydrogen) atoms. The lowest BCUT2D eigenvalue weighted by Crippen LogP contribution is -2.44. The quantitative estimate of drug-likeness (QED) is 0.681. The second-order valence-electron chi connectivity index (χ2n) is 5.98. The highest BCUT2D eigenvalue weighted by Crippen LogP contribution is 2.27. The molecule has 0 bridgehead atoms. The summed E-state index contributed by atoms with van der Waals surface area (Å²) in [7, 11) is 1.67. The third-order valence-corrected chi connectivity index (χ3v) is 5.47. The largest absolute Gasteiger partial charge is 0.383 e. The van der Waals surface area contributed by atoms with Gasteiger partial charge in [0.25, 0.3) is 0 Å². The van der Waals surface area contributed by atoms with E-state index in [-0.39, 0.29) is 11.2 Å². The molecule has 0 N–H and O–H groups in total. The Morgan fingerprint density at radius 3 is 2.87 bits per heavy atom. The van der Waals surface area contributed by atoms with Crippen molar-refractivity contribution in [3.63, 3.8) is 0 Å². The maximum atomic E-state index is 12.8. The molecule has 1 aliphatic rings. The number of ether oxygens (including phenoxy) is 1. The van der Waals surface area contributed by atoms with Crippen LogP contribution in [0.1, 0.15) is 46.0 Å². The number of nitrogens with zero attached hydrogens (tertiary/aromatic N) is 4. The van der Waals surface area contributed by atoms with E-state index in [1.807, 2.05) is 11.5 Å². The van der Waals surface area contributed by atoms with Crippen LogP contribution < -0.4 is 0 Å². The van der Waals surface area contributed by atoms with Crippen molar-refractivity contribution in [3.8, 4) is 0 Å². The first kappa shape index (κ1) is 18.3. The van der Waals surface area contributed by atoms with Gasteiger partial charge in [-0.05, 0) is 26.7 Å². The highest BCUT2D eigenvalue weighted by Gasteiger charge is 2.28. The molecule has 1 atom stereocenters. The normalized spacial score (nSPS) is 17.2. The molecule has 7 heteroatoms. The number of amides is 1. The average Bonchev–Trinajstić information content (AvgIpc) is 3.01. The second kappa shape index (κ2) is 9.27. The van der Waals surface area contributed by atoms with Gasteiger partial charge in [-0.2, -0.15) is 0 Å². The summed E-state index contributed by atoms with van der Waals surface area (Å²) in [5, 5.41) is 8.72. The lowest BCUT2D eigenvalue weighted by Gasteiger charge is -2.35. The monoisotopic (exact) mass is 340 g/mol. The summed E-state index contributed by atoms with van der Waals surface area (Å²) in [5.41, 5.74) is 0. The van der Waals surface area contributed by atoms with Crippen LogP contribution in [0.25, 0.3) is 0 Å². The van der Waals surface area contributed by atoms with Crippen LogP contribution in [-0.4, -0.2) is 57.1 Å². The van der Waals surface area contributed by atoms with Crippen LogP contribution in [0.15, 0.2) is 11.5 Å². The number of hydrogen-bond donors (Lipinski definition) is 0. The van der Waals surface area contributed by atoms with Crippen molar-refractivity contribution >= 4 is 17.7 Å². The fourth-order valence-electron chi connectivity index (χ4n) is 3.11. The van der Waals surface area contributed by atoms with Gasteiger partial charge >= 0.3 is 0 Å². The van der Waals surface area contributed by atoms with E-state index >= 15 is 0 Å². The Morgan fingerprint density at radius 1 is 1.48 bits per heavy atom. The summed E-state index contributed by atoms with van der Waals surface area (Å²) in [6.07, 6.45) is 7.75. The summed E-state index contributed by atoms with van der Waals surface area (Å²) in [6, 6.07) is 0.413. The predicted molar refractivity (Wildman–Crippen MR) is 91.5 cm³/mol. The summed E-state index contributed by atoms with van der Waals surface area (Å²) >= 11 is 1.49. The number of thioether (sulfide) groups is 1. The van der Waals surface area contributed by atoms with Gasteiger partial charge in [-0.3, -0.25) is 4.79 Å². The number of methoxy groups -OCH3 is 1. The minimum absolute atomic E-state index is 0.151. The number of rotatable bonds is 8. The van der Waals surface area contributed by atoms with Crippen molar-refractivity contribution < 1.29 is 9.53 Å². The maximum Gasteiger partial charge on any atom is 0.236 e. The fourth-order valence-corrected chi connectivity index (χ4v) is 4.03. The van der Waals surface area contributed by atoms with E-state index in [0.29, 0.717) is 19.2 Å². The zero-order valence-corrected chi connectivity index (χ0v) is 15.2. The van der Waals surface area contributed by atoms with E-state index in [4.69, 9.17) is 4.74 Å². The zero-order valence-electron chi connectivity index (χ0n) is 14.4. The summed E-state index contributed by atoms with van der Waals surface area (Å²) in [5.74, 6) is 0.214. The molecular formula is C16H28N4O2S. The van der Waals surface area contributed by atoms with Crippen molar-refractivity contribution in [2.24, 2.45) is 0 Å². The Bertz CT molecular complexity index is 488. The first-order valence-electron chi connectivity index (χ1n) is 8.51. The molecule has 0 spiro atoms. The maximum absolute atomic E-state index is 12.8. The molecule has 6 nitrogen and oxygen atoms in total. The summed E-state index contributed by atoms with van der Waals surface area (Å²) in [4.78, 5) is 14.9. The standard InChI is InChI=1S/C16H28N4O2S/c1-4-20(14-8-6-5-7-9-14)15(21)13(2)23-16-18-17-12-19(16)10-11-22-3/h12-14H,4-11H2,1-3H3. The molecule has 1 aromatic rings. The number of hydrogen-bond acceptors (Lipinski definition) is 5. The van der Waals surface area contributed by atoms with E-state index in [1.54, 1.807) is 13.4 Å². The smallest absolute Gasteiger partial charge is 0.236 e. The predicted octanol–water partition coefficient (Wildman–Crippen LogP) is 2.59. The fraction of sp³-hybridized carbons (Fsp3) is 0.812. The topological polar surface area (TPSA) is 60.2 Å². The third-order valence-electron chi connectivity index (χ3n) is 4.39. The Balaban J connectivity index is 1.96. The van der Waals surface area contributed by atoms with Gasteiger partial charge in [-0.15, -0.1) is 10.2 Å². The van der Waals surface area contributed by atoms with Gasteiger partial charge in [0, 0.05) is 26.2 Å². The molecule has 1 fully saturated rings. The molecule has 0 aliphatic heterocycles. The molecule has 1 heterocycles. The molecule has 1 aliphatic carbocycles. The molecule has 130 valence electrons. The molecule has 1 amide bonds. The van der Waals surface area contributed by atoms with Gasteiger partial charge in [-0.1, -0.05) is 31.0 Å². The van der Waals surface area contributed by atoms with Crippen molar-refractivity contribution in [1.82, 2.24) is 19.7 Å². The van der Waals surface area contributed by atoms with Crippen LogP contribution >= 0.6 is 11.8 Å². The first-order valence-corrected chi connectivity index (χ1v) is 9.39. The van der Waals surface area contributed by atoms with Gasteiger partial charge in [0.15, 0.2) is 5.16 Å². The third kappa shape index (κ3) is 4.94. The Labute approximate surface area is 143 Å². The first-order chi connectivity index (χ1) is 11.2. The van der Waals surface area contributed by atoms with Crippen LogP contribution in [-0.2, 0) is 16.1 Å². The van der Waals surface area contributed by atoms with Crippen LogP contribution in [0, 0.1) is 0 Å². The van der Waals surface area contributed by atoms with Crippen LogP contribution in [0.3, 0.4) is 0 Å². The van der Waals surface area contributed by atoms with Gasteiger partial charge in [-0.25, -0.2) is 0 Å². The van der Waals surface area contributed by atoms with Crippen LogP contribution in [0.5, 0.6) is 0 Å². The van der Waals surface area contributed by atoms with Crippen LogP contribution in [0.4, 0.5) is 0 Å². The molecule has 1 saturated carbocycles. The lowest BCUT2D eigenvalue weighted by molar-refractivity contribution is -0.133. The zero-order chi connectivity index (χ0) is 16.7. The molecule has 2 rings (SSSR count). The van der Waals surface area contributed by atoms with Gasteiger partial charge < -0.3 is 14.2 Å². The SMILES string of the molecule is CCN(C(=O)C(C)Sc1nncn1CCOC)C1CCCCC1. The minimum Gasteiger partial charge on any atom is -0.383 e. The van der Waals surface area contributed by atoms with E-state index in [9.17, 15) is 4.79 Å². The molecular weight excluding hydrogens is 312 g/mol. The van der Waals surface area contributed by atoms with Crippen molar-refractivity contribution in [2.45, 2.75) is 68.9 Å². The minimum atomic E-state index is -0.151. The molecule has 0 aromatic carbocycles. The van der Waals surface area contributed by atoms with Gasteiger partial charge in [0.2, 0.25) is 5.91 Å². The Hall–Kier alpha value is -1.08. The highest BCUT2D eigenvalue weighted by molar-refractivity contribution is 8.00. The van der Waals surface area contributed by atoms with E-state index < -0.39 is 0 Å². The average molecular weight is 340 g/mol. The molecule has 0 radical (unpaired) electrons. The van der Waals surface area contributed by atoms with E-state index in [0.717, 1.165) is 24.5 Å². The number of aromatic nitrogens is 3. The Morgan fingerprint density at radius 2 is 2.22 bits per heavy atom. The van der Waals surface area contributed by atoms with Gasteiger partial charge in [0.05, 0.1) is 11.9 Å². The highest BCUT2D eigenvalue weighted by atomic mass is 32.2. The summed E-state index contributed by atoms with van der Waals surface area (Å²) < 4.78 is 7.04. The van der Waals surface area contributed by atoms with Gasteiger partial charge in [0.1, 0.15) is 6.33 Å². The molecule has 1 aromatic heterocycles. The number of carbonyl (C=O) groups excluding carboxylic acids is 1. The Kier molecular flexibility index (Phi) is 7.36. The molecule has 1 unspecified atom stereocenters. The summed E-state index contributed by atoms with van der Waals surface area (Å²) in [6.45, 7) is 6.13. The lowest BCUT2D eigenvalue weighted by atomic mass is 9.94. The van der Waals surface area contributed by atoms with Crippen molar-refractivity contribution in [3.05, 3.63) is 6.33 Å². The van der Waals surface area contributed by atoms with E-state index in [1.165, 1.54) is 31.0 Å². The van der Waals surface area contributed by atoms with E-state index in [2.05, 4.69) is 22.0 Å². The van der Waals surface area contributed by atoms with Crippen molar-refractivity contribution in [2.75, 3.05) is 20.3 Å². The number of carbonyl (C=O) groups is 1. The molecule has 0 saturated heterocycles. The van der Waals surface area contributed by atoms with Crippen molar-refractivity contribution in [1.29, 1.82) is 0 Å². The van der Waals surface area contributed by atoms with Crippen LogP contribution in [0.2, 0.25) is 0 Å².